The van der Waals surface area contributed by atoms with Crippen LogP contribution in [0.1, 0.15) is 16.5 Å². The van der Waals surface area contributed by atoms with Crippen LogP contribution in [0.3, 0.4) is 0 Å². The Labute approximate surface area is 135 Å². The lowest BCUT2D eigenvalue weighted by Crippen LogP contribution is -2.27. The molecule has 1 heterocycles. The van der Waals surface area contributed by atoms with Crippen molar-refractivity contribution in [1.82, 2.24) is 0 Å². The van der Waals surface area contributed by atoms with Gasteiger partial charge in [0.2, 0.25) is 5.91 Å². The maximum atomic E-state index is 13.4. The average molecular weight is 366 g/mol. The van der Waals surface area contributed by atoms with Crippen LogP contribution in [-0.4, -0.2) is 11.7 Å². The van der Waals surface area contributed by atoms with Gasteiger partial charge in [0.05, 0.1) is 5.75 Å². The molecular formula is C16H13BrFNOS. The lowest BCUT2D eigenvalue weighted by atomic mass is 10.1. The van der Waals surface area contributed by atoms with Gasteiger partial charge in [0, 0.05) is 10.2 Å². The van der Waals surface area contributed by atoms with Gasteiger partial charge in [-0.05, 0) is 48.4 Å². The van der Waals surface area contributed by atoms with Crippen molar-refractivity contribution in [1.29, 1.82) is 0 Å². The number of hydrogen-bond acceptors (Lipinski definition) is 2. The Kier molecular flexibility index (Phi) is 4.04. The molecule has 108 valence electrons. The van der Waals surface area contributed by atoms with Gasteiger partial charge >= 0.3 is 0 Å². The molecule has 1 fully saturated rings. The van der Waals surface area contributed by atoms with Gasteiger partial charge in [-0.2, -0.15) is 0 Å². The van der Waals surface area contributed by atoms with E-state index in [1.807, 2.05) is 31.2 Å². The van der Waals surface area contributed by atoms with E-state index in [-0.39, 0.29) is 17.1 Å². The van der Waals surface area contributed by atoms with Crippen LogP contribution in [0.2, 0.25) is 0 Å². The molecule has 0 bridgehead atoms. The van der Waals surface area contributed by atoms with Crippen molar-refractivity contribution in [3.63, 3.8) is 0 Å². The number of thioether (sulfide) groups is 1. The molecule has 5 heteroatoms. The quantitative estimate of drug-likeness (QED) is 0.770. The highest BCUT2D eigenvalue weighted by Crippen LogP contribution is 2.42. The first-order valence-electron chi connectivity index (χ1n) is 6.51. The molecule has 1 saturated heterocycles. The van der Waals surface area contributed by atoms with E-state index in [0.717, 1.165) is 21.3 Å². The van der Waals surface area contributed by atoms with Crippen LogP contribution in [0.15, 0.2) is 46.9 Å². The molecule has 1 aliphatic heterocycles. The fraction of sp³-hybridized carbons (Fsp3) is 0.188. The summed E-state index contributed by atoms with van der Waals surface area (Å²) in [5.41, 5.74) is 2.72. The van der Waals surface area contributed by atoms with Crippen molar-refractivity contribution in [2.45, 2.75) is 12.3 Å². The summed E-state index contributed by atoms with van der Waals surface area (Å²) in [7, 11) is 0. The number of halogens is 2. The zero-order valence-electron chi connectivity index (χ0n) is 11.3. The van der Waals surface area contributed by atoms with Gasteiger partial charge in [-0.3, -0.25) is 9.69 Å². The third-order valence-corrected chi connectivity index (χ3v) is 5.52. The summed E-state index contributed by atoms with van der Waals surface area (Å²) < 4.78 is 14.5. The van der Waals surface area contributed by atoms with E-state index in [1.54, 1.807) is 11.0 Å². The Hall–Kier alpha value is -1.33. The lowest BCUT2D eigenvalue weighted by Gasteiger charge is -2.25. The molecule has 1 atom stereocenters. The van der Waals surface area contributed by atoms with Gasteiger partial charge in [0.25, 0.3) is 0 Å². The fourth-order valence-corrected chi connectivity index (χ4v) is 3.80. The topological polar surface area (TPSA) is 20.3 Å². The minimum absolute atomic E-state index is 0.0518. The van der Waals surface area contributed by atoms with Crippen molar-refractivity contribution in [3.05, 3.63) is 63.9 Å². The Balaban J connectivity index is 2.01. The fourth-order valence-electron chi connectivity index (χ4n) is 2.39. The highest BCUT2D eigenvalue weighted by Gasteiger charge is 2.34. The van der Waals surface area contributed by atoms with Crippen molar-refractivity contribution in [3.8, 4) is 0 Å². The summed E-state index contributed by atoms with van der Waals surface area (Å²) >= 11 is 4.99. The lowest BCUT2D eigenvalue weighted by molar-refractivity contribution is -0.115. The van der Waals surface area contributed by atoms with Gasteiger partial charge in [-0.15, -0.1) is 11.8 Å². The molecule has 2 aromatic carbocycles. The number of nitrogens with zero attached hydrogens (tertiary/aromatic N) is 1. The van der Waals surface area contributed by atoms with Crippen LogP contribution < -0.4 is 4.90 Å². The number of anilines is 1. The smallest absolute Gasteiger partial charge is 0.238 e. The summed E-state index contributed by atoms with van der Waals surface area (Å²) in [6, 6.07) is 12.3. The Morgan fingerprint density at radius 1 is 1.29 bits per heavy atom. The van der Waals surface area contributed by atoms with Crippen LogP contribution in [0.25, 0.3) is 0 Å². The molecule has 2 nitrogen and oxygen atoms in total. The molecule has 1 aliphatic rings. The summed E-state index contributed by atoms with van der Waals surface area (Å²) in [5.74, 6) is 0.186. The summed E-state index contributed by atoms with van der Waals surface area (Å²) in [6.45, 7) is 1.98. The normalized spacial score (nSPS) is 18.3. The number of amides is 1. The summed E-state index contributed by atoms with van der Waals surface area (Å²) in [5, 5.41) is -0.172. The third-order valence-electron chi connectivity index (χ3n) is 3.42. The summed E-state index contributed by atoms with van der Waals surface area (Å²) in [4.78, 5) is 14.0. The zero-order chi connectivity index (χ0) is 15.0. The second-order valence-electron chi connectivity index (χ2n) is 4.92. The molecule has 0 aromatic heterocycles. The van der Waals surface area contributed by atoms with Crippen molar-refractivity contribution >= 4 is 39.3 Å². The SMILES string of the molecule is Cc1cc(N2C(=O)CS[C@H]2c2cccc(F)c2)ccc1Br. The third kappa shape index (κ3) is 2.85. The maximum Gasteiger partial charge on any atom is 0.238 e. The monoisotopic (exact) mass is 365 g/mol. The minimum atomic E-state index is -0.278. The van der Waals surface area contributed by atoms with Crippen LogP contribution in [0.4, 0.5) is 10.1 Å². The van der Waals surface area contributed by atoms with E-state index >= 15 is 0 Å². The first kappa shape index (κ1) is 14.6. The average Bonchev–Trinajstić information content (AvgIpc) is 2.84. The predicted octanol–water partition coefficient (Wildman–Crippen LogP) is 4.68. The van der Waals surface area contributed by atoms with Gasteiger partial charge in [-0.1, -0.05) is 28.1 Å². The number of hydrogen-bond donors (Lipinski definition) is 0. The zero-order valence-corrected chi connectivity index (χ0v) is 13.7. The first-order valence-corrected chi connectivity index (χ1v) is 8.36. The number of benzene rings is 2. The minimum Gasteiger partial charge on any atom is -0.295 e. The van der Waals surface area contributed by atoms with E-state index in [1.165, 1.54) is 23.9 Å². The molecule has 0 N–H and O–H groups in total. The van der Waals surface area contributed by atoms with Crippen molar-refractivity contribution in [2.24, 2.45) is 0 Å². The van der Waals surface area contributed by atoms with Crippen LogP contribution in [0.5, 0.6) is 0 Å². The van der Waals surface area contributed by atoms with Crippen LogP contribution in [-0.2, 0) is 4.79 Å². The molecule has 0 unspecified atom stereocenters. The molecular weight excluding hydrogens is 353 g/mol. The van der Waals surface area contributed by atoms with E-state index in [4.69, 9.17) is 0 Å². The summed E-state index contributed by atoms with van der Waals surface area (Å²) in [6.07, 6.45) is 0. The number of rotatable bonds is 2. The number of aryl methyl sites for hydroxylation is 1. The Morgan fingerprint density at radius 2 is 2.10 bits per heavy atom. The van der Waals surface area contributed by atoms with Gasteiger partial charge in [-0.25, -0.2) is 4.39 Å². The molecule has 3 rings (SSSR count). The largest absolute Gasteiger partial charge is 0.295 e. The second kappa shape index (κ2) is 5.81. The molecule has 21 heavy (non-hydrogen) atoms. The van der Waals surface area contributed by atoms with E-state index < -0.39 is 0 Å². The van der Waals surface area contributed by atoms with E-state index in [9.17, 15) is 9.18 Å². The first-order chi connectivity index (χ1) is 10.1. The predicted molar refractivity (Wildman–Crippen MR) is 88.0 cm³/mol. The standard InChI is InChI=1S/C16H13BrFNOS/c1-10-7-13(5-6-14(10)17)19-15(20)9-21-16(19)11-3-2-4-12(18)8-11/h2-8,16H,9H2,1H3/t16-/m0/s1. The molecule has 0 radical (unpaired) electrons. The Morgan fingerprint density at radius 3 is 2.81 bits per heavy atom. The van der Waals surface area contributed by atoms with Gasteiger partial charge in [0.15, 0.2) is 0 Å². The molecule has 0 saturated carbocycles. The molecule has 2 aromatic rings. The second-order valence-corrected chi connectivity index (χ2v) is 6.84. The number of carbonyl (C=O) groups is 1. The Bertz CT molecular complexity index is 706. The van der Waals surface area contributed by atoms with Crippen LogP contribution in [0, 0.1) is 12.7 Å². The van der Waals surface area contributed by atoms with Gasteiger partial charge in [0.1, 0.15) is 11.2 Å². The van der Waals surface area contributed by atoms with Crippen LogP contribution >= 0.6 is 27.7 Å². The maximum absolute atomic E-state index is 13.4. The number of carbonyl (C=O) groups excluding carboxylic acids is 1. The van der Waals surface area contributed by atoms with E-state index in [0.29, 0.717) is 5.75 Å². The molecule has 1 amide bonds. The highest BCUT2D eigenvalue weighted by molar-refractivity contribution is 9.10. The molecule has 0 spiro atoms. The van der Waals surface area contributed by atoms with Gasteiger partial charge < -0.3 is 0 Å². The van der Waals surface area contributed by atoms with Crippen molar-refractivity contribution < 1.29 is 9.18 Å². The molecule has 0 aliphatic carbocycles. The van der Waals surface area contributed by atoms with E-state index in [2.05, 4.69) is 15.9 Å². The highest BCUT2D eigenvalue weighted by atomic mass is 79.9. The van der Waals surface area contributed by atoms with Crippen molar-refractivity contribution in [2.75, 3.05) is 10.7 Å².